The van der Waals surface area contributed by atoms with Gasteiger partial charge in [0, 0.05) is 6.54 Å². The number of nitrogens with zero attached hydrogens (tertiary/aromatic N) is 2. The number of rotatable bonds is 3. The van der Waals surface area contributed by atoms with Gasteiger partial charge in [0.2, 0.25) is 0 Å². The van der Waals surface area contributed by atoms with Gasteiger partial charge in [0.1, 0.15) is 11.6 Å². The lowest BCUT2D eigenvalue weighted by Crippen LogP contribution is -2.48. The first-order chi connectivity index (χ1) is 8.50. The van der Waals surface area contributed by atoms with Crippen LogP contribution in [0.15, 0.2) is 35.8 Å². The molecule has 0 fully saturated rings. The average Bonchev–Trinajstić information content (AvgIpc) is 2.58. The summed E-state index contributed by atoms with van der Waals surface area (Å²) in [6.45, 7) is 5.96. The quantitative estimate of drug-likeness (QED) is 0.835. The third-order valence-corrected chi connectivity index (χ3v) is 3.23. The van der Waals surface area contributed by atoms with Gasteiger partial charge in [-0.2, -0.15) is 0 Å². The summed E-state index contributed by atoms with van der Waals surface area (Å²) in [5, 5.41) is 0. The number of nitrogens with two attached hydrogens (primary N) is 1. The maximum Gasteiger partial charge on any atom is 0.192 e. The van der Waals surface area contributed by atoms with Crippen molar-refractivity contribution in [2.45, 2.75) is 12.5 Å². The van der Waals surface area contributed by atoms with Gasteiger partial charge in [-0.3, -0.25) is 4.99 Å². The Balaban J connectivity index is 2.52. The van der Waals surface area contributed by atoms with E-state index in [-0.39, 0.29) is 18.1 Å². The van der Waals surface area contributed by atoms with E-state index in [0.29, 0.717) is 6.54 Å². The number of benzene rings is 1. The zero-order chi connectivity index (χ0) is 13.3. The lowest BCUT2D eigenvalue weighted by atomic mass is 9.90. The van der Waals surface area contributed by atoms with Crippen molar-refractivity contribution < 1.29 is 8.78 Å². The second-order valence-corrected chi connectivity index (χ2v) is 4.44. The maximum atomic E-state index is 13.9. The van der Waals surface area contributed by atoms with Gasteiger partial charge in [-0.25, -0.2) is 8.78 Å². The van der Waals surface area contributed by atoms with Crippen LogP contribution in [0.25, 0.3) is 0 Å². The first kappa shape index (κ1) is 12.5. The van der Waals surface area contributed by atoms with Crippen molar-refractivity contribution in [1.82, 2.24) is 4.90 Å². The van der Waals surface area contributed by atoms with Crippen molar-refractivity contribution in [1.29, 1.82) is 0 Å². The van der Waals surface area contributed by atoms with Gasteiger partial charge in [0.05, 0.1) is 17.6 Å². The lowest BCUT2D eigenvalue weighted by molar-refractivity contribution is 0.229. The predicted molar refractivity (Wildman–Crippen MR) is 67.1 cm³/mol. The minimum Gasteiger partial charge on any atom is -0.370 e. The SMILES string of the molecule is C=CCN1C(N)=NCC1(C)c1c(F)cccc1F. The van der Waals surface area contributed by atoms with Crippen LogP contribution in [0.2, 0.25) is 0 Å². The summed E-state index contributed by atoms with van der Waals surface area (Å²) >= 11 is 0. The monoisotopic (exact) mass is 251 g/mol. The van der Waals surface area contributed by atoms with Crippen LogP contribution in [0, 0.1) is 11.6 Å². The predicted octanol–water partition coefficient (Wildman–Crippen LogP) is 2.00. The fourth-order valence-corrected chi connectivity index (χ4v) is 2.31. The van der Waals surface area contributed by atoms with E-state index in [1.54, 1.807) is 17.9 Å². The molecule has 1 aromatic rings. The average molecular weight is 251 g/mol. The maximum absolute atomic E-state index is 13.9. The van der Waals surface area contributed by atoms with Crippen LogP contribution >= 0.6 is 0 Å². The van der Waals surface area contributed by atoms with Crippen molar-refractivity contribution in [3.63, 3.8) is 0 Å². The first-order valence-electron chi connectivity index (χ1n) is 5.63. The van der Waals surface area contributed by atoms with E-state index in [1.165, 1.54) is 18.2 Å². The van der Waals surface area contributed by atoms with Gasteiger partial charge >= 0.3 is 0 Å². The van der Waals surface area contributed by atoms with Crippen LogP contribution in [0.3, 0.4) is 0 Å². The minimum absolute atomic E-state index is 0.00366. The molecule has 5 heteroatoms. The molecule has 0 radical (unpaired) electrons. The summed E-state index contributed by atoms with van der Waals surface area (Å²) in [5.41, 5.74) is 4.85. The highest BCUT2D eigenvalue weighted by molar-refractivity contribution is 5.81. The fourth-order valence-electron chi connectivity index (χ4n) is 2.31. The molecule has 0 bridgehead atoms. The fraction of sp³-hybridized carbons (Fsp3) is 0.308. The molecular weight excluding hydrogens is 236 g/mol. The van der Waals surface area contributed by atoms with Crippen LogP contribution in [0.1, 0.15) is 12.5 Å². The molecule has 1 atom stereocenters. The second kappa shape index (κ2) is 4.40. The molecule has 0 amide bonds. The first-order valence-corrected chi connectivity index (χ1v) is 5.63. The Labute approximate surface area is 105 Å². The Morgan fingerprint density at radius 2 is 2.11 bits per heavy atom. The largest absolute Gasteiger partial charge is 0.370 e. The summed E-state index contributed by atoms with van der Waals surface area (Å²) in [6.07, 6.45) is 1.63. The van der Waals surface area contributed by atoms with Crippen molar-refractivity contribution in [3.8, 4) is 0 Å². The molecule has 1 aliphatic heterocycles. The van der Waals surface area contributed by atoms with Crippen LogP contribution in [0.5, 0.6) is 0 Å². The van der Waals surface area contributed by atoms with Crippen molar-refractivity contribution >= 4 is 5.96 Å². The molecule has 1 heterocycles. The summed E-state index contributed by atoms with van der Waals surface area (Å²) in [4.78, 5) is 5.74. The van der Waals surface area contributed by atoms with Crippen LogP contribution in [0.4, 0.5) is 8.78 Å². The summed E-state index contributed by atoms with van der Waals surface area (Å²) in [6, 6.07) is 3.82. The Hall–Kier alpha value is -1.91. The molecule has 1 unspecified atom stereocenters. The van der Waals surface area contributed by atoms with Gasteiger partial charge in [0.15, 0.2) is 5.96 Å². The summed E-state index contributed by atoms with van der Waals surface area (Å²) < 4.78 is 27.8. The molecule has 0 aromatic heterocycles. The van der Waals surface area contributed by atoms with E-state index in [0.717, 1.165) is 0 Å². The summed E-state index contributed by atoms with van der Waals surface area (Å²) in [5.74, 6) is -0.895. The third kappa shape index (κ3) is 1.75. The molecule has 2 N–H and O–H groups in total. The van der Waals surface area contributed by atoms with Gasteiger partial charge < -0.3 is 10.6 Å². The molecule has 0 spiro atoms. The topological polar surface area (TPSA) is 41.6 Å². The molecule has 2 rings (SSSR count). The minimum atomic E-state index is -0.909. The number of hydrogen-bond acceptors (Lipinski definition) is 3. The molecule has 0 saturated heterocycles. The number of guanidine groups is 1. The standard InChI is InChI=1S/C13H15F2N3/c1-3-7-18-12(16)17-8-13(18,2)11-9(14)5-4-6-10(11)15/h3-6H,1,7-8H2,2H3,(H2,16,17). The van der Waals surface area contributed by atoms with E-state index in [4.69, 9.17) is 5.73 Å². The van der Waals surface area contributed by atoms with Gasteiger partial charge in [-0.15, -0.1) is 6.58 Å². The second-order valence-electron chi connectivity index (χ2n) is 4.44. The van der Waals surface area contributed by atoms with E-state index in [1.807, 2.05) is 0 Å². The third-order valence-electron chi connectivity index (χ3n) is 3.23. The van der Waals surface area contributed by atoms with E-state index >= 15 is 0 Å². The van der Waals surface area contributed by atoms with Crippen molar-refractivity contribution in [2.24, 2.45) is 10.7 Å². The van der Waals surface area contributed by atoms with Gasteiger partial charge in [-0.05, 0) is 19.1 Å². The van der Waals surface area contributed by atoms with E-state index in [9.17, 15) is 8.78 Å². The summed E-state index contributed by atoms with van der Waals surface area (Å²) in [7, 11) is 0. The van der Waals surface area contributed by atoms with Crippen molar-refractivity contribution in [2.75, 3.05) is 13.1 Å². The molecule has 1 aliphatic rings. The Kier molecular flexibility index (Phi) is 3.07. The van der Waals surface area contributed by atoms with Crippen LogP contribution in [-0.4, -0.2) is 23.9 Å². The van der Waals surface area contributed by atoms with Gasteiger partial charge in [0.25, 0.3) is 0 Å². The molecule has 1 aromatic carbocycles. The lowest BCUT2D eigenvalue weighted by Gasteiger charge is -2.36. The highest BCUT2D eigenvalue weighted by Crippen LogP contribution is 2.35. The number of halogens is 2. The normalized spacial score (nSPS) is 23.1. The number of hydrogen-bond donors (Lipinski definition) is 1. The molecule has 0 aliphatic carbocycles. The smallest absolute Gasteiger partial charge is 0.192 e. The molecule has 96 valence electrons. The molecule has 18 heavy (non-hydrogen) atoms. The molecule has 3 nitrogen and oxygen atoms in total. The zero-order valence-corrected chi connectivity index (χ0v) is 10.2. The highest BCUT2D eigenvalue weighted by Gasteiger charge is 2.42. The Morgan fingerprint density at radius 1 is 1.50 bits per heavy atom. The Morgan fingerprint density at radius 3 is 2.67 bits per heavy atom. The molecule has 0 saturated carbocycles. The van der Waals surface area contributed by atoms with Crippen molar-refractivity contribution in [3.05, 3.63) is 48.1 Å². The van der Waals surface area contributed by atoms with Crippen LogP contribution < -0.4 is 5.73 Å². The zero-order valence-electron chi connectivity index (χ0n) is 10.2. The highest BCUT2D eigenvalue weighted by atomic mass is 19.1. The van der Waals surface area contributed by atoms with Gasteiger partial charge in [-0.1, -0.05) is 12.1 Å². The van der Waals surface area contributed by atoms with E-state index in [2.05, 4.69) is 11.6 Å². The van der Waals surface area contributed by atoms with E-state index < -0.39 is 17.2 Å². The molecular formula is C13H15F2N3. The van der Waals surface area contributed by atoms with Crippen LogP contribution in [-0.2, 0) is 5.54 Å². The number of aliphatic imine (C=N–C) groups is 1. The Bertz CT molecular complexity index is 493.